The van der Waals surface area contributed by atoms with Crippen molar-refractivity contribution in [1.29, 1.82) is 0 Å². The Balaban J connectivity index is 2.51. The van der Waals surface area contributed by atoms with E-state index in [9.17, 15) is 8.42 Å². The van der Waals surface area contributed by atoms with Crippen molar-refractivity contribution >= 4 is 56.2 Å². The van der Waals surface area contributed by atoms with Crippen LogP contribution in [0.5, 0.6) is 0 Å². The molecule has 0 spiro atoms. The number of hydrogen-bond acceptors (Lipinski definition) is 3. The Bertz CT molecular complexity index is 784. The van der Waals surface area contributed by atoms with E-state index in [-0.39, 0.29) is 20.0 Å². The first-order valence-corrected chi connectivity index (χ1v) is 8.36. The lowest BCUT2D eigenvalue weighted by Crippen LogP contribution is -2.15. The summed E-state index contributed by atoms with van der Waals surface area (Å²) in [7, 11) is -3.96. The Morgan fingerprint density at radius 1 is 1.10 bits per heavy atom. The third kappa shape index (κ3) is 3.37. The molecule has 3 N–H and O–H groups in total. The number of halogens is 3. The molecule has 8 heteroatoms. The largest absolute Gasteiger partial charge is 0.398 e. The smallest absolute Gasteiger partial charge is 0.264 e. The van der Waals surface area contributed by atoms with E-state index in [2.05, 4.69) is 4.72 Å². The van der Waals surface area contributed by atoms with Gasteiger partial charge in [0.15, 0.2) is 0 Å². The third-order valence-electron chi connectivity index (χ3n) is 2.85. The molecule has 0 aliphatic rings. The zero-order chi connectivity index (χ0) is 15.8. The van der Waals surface area contributed by atoms with Crippen LogP contribution in [0.1, 0.15) is 5.56 Å². The molecular weight excluding hydrogens is 355 g/mol. The fraction of sp³-hybridized carbons (Fsp3) is 0.0769. The molecule has 0 heterocycles. The monoisotopic (exact) mass is 364 g/mol. The highest BCUT2D eigenvalue weighted by atomic mass is 35.5. The van der Waals surface area contributed by atoms with Gasteiger partial charge in [0.1, 0.15) is 4.90 Å². The van der Waals surface area contributed by atoms with Gasteiger partial charge in [0.25, 0.3) is 10.0 Å². The SMILES string of the molecule is Cc1c(N)cccc1NS(=O)(=O)c1c(Cl)cc(Cl)cc1Cl. The van der Waals surface area contributed by atoms with Gasteiger partial charge >= 0.3 is 0 Å². The first kappa shape index (κ1) is 16.2. The summed E-state index contributed by atoms with van der Waals surface area (Å²) in [5.41, 5.74) is 7.20. The molecule has 2 rings (SSSR count). The quantitative estimate of drug-likeness (QED) is 0.795. The average molecular weight is 366 g/mol. The standard InChI is InChI=1S/C13H11Cl3N2O2S/c1-7-11(17)3-2-4-12(7)18-21(19,20)13-9(15)5-8(14)6-10(13)16/h2-6,18H,17H2,1H3. The van der Waals surface area contributed by atoms with Gasteiger partial charge in [-0.05, 0) is 36.8 Å². The van der Waals surface area contributed by atoms with Crippen LogP contribution in [0.25, 0.3) is 0 Å². The van der Waals surface area contributed by atoms with E-state index in [1.807, 2.05) is 0 Å². The Labute approximate surface area is 137 Å². The lowest BCUT2D eigenvalue weighted by molar-refractivity contribution is 0.601. The molecule has 0 aliphatic heterocycles. The van der Waals surface area contributed by atoms with Gasteiger partial charge in [-0.1, -0.05) is 40.9 Å². The van der Waals surface area contributed by atoms with Crippen LogP contribution in [0, 0.1) is 6.92 Å². The fourth-order valence-electron chi connectivity index (χ4n) is 1.75. The predicted molar refractivity (Wildman–Crippen MR) is 87.9 cm³/mol. The van der Waals surface area contributed by atoms with E-state index in [0.717, 1.165) is 0 Å². The molecule has 0 amide bonds. The van der Waals surface area contributed by atoms with E-state index in [0.29, 0.717) is 16.9 Å². The Morgan fingerprint density at radius 2 is 1.67 bits per heavy atom. The van der Waals surface area contributed by atoms with E-state index < -0.39 is 10.0 Å². The molecule has 112 valence electrons. The molecule has 0 saturated heterocycles. The van der Waals surface area contributed by atoms with Crippen molar-refractivity contribution in [2.45, 2.75) is 11.8 Å². The van der Waals surface area contributed by atoms with Crippen molar-refractivity contribution < 1.29 is 8.42 Å². The van der Waals surface area contributed by atoms with Gasteiger partial charge in [-0.3, -0.25) is 4.72 Å². The molecule has 0 aromatic heterocycles. The molecule has 0 bridgehead atoms. The van der Waals surface area contributed by atoms with Crippen molar-refractivity contribution in [3.63, 3.8) is 0 Å². The van der Waals surface area contributed by atoms with Crippen LogP contribution >= 0.6 is 34.8 Å². The van der Waals surface area contributed by atoms with Crippen molar-refractivity contribution in [2.75, 3.05) is 10.5 Å². The van der Waals surface area contributed by atoms with Gasteiger partial charge in [-0.2, -0.15) is 0 Å². The van der Waals surface area contributed by atoms with Crippen LogP contribution in [-0.2, 0) is 10.0 Å². The molecule has 0 fully saturated rings. The van der Waals surface area contributed by atoms with Crippen molar-refractivity contribution in [3.05, 3.63) is 51.0 Å². The number of anilines is 2. The zero-order valence-electron chi connectivity index (χ0n) is 10.8. The second-order valence-corrected chi connectivity index (χ2v) is 7.19. The Hall–Kier alpha value is -1.14. The summed E-state index contributed by atoms with van der Waals surface area (Å²) in [5.74, 6) is 0. The van der Waals surface area contributed by atoms with Gasteiger partial charge < -0.3 is 5.73 Å². The van der Waals surface area contributed by atoms with Crippen LogP contribution < -0.4 is 10.5 Å². The maximum Gasteiger partial charge on any atom is 0.264 e. The molecule has 0 saturated carbocycles. The van der Waals surface area contributed by atoms with Gasteiger partial charge in [0.2, 0.25) is 0 Å². The van der Waals surface area contributed by atoms with Gasteiger partial charge in [-0.25, -0.2) is 8.42 Å². The van der Waals surface area contributed by atoms with E-state index in [1.165, 1.54) is 12.1 Å². The minimum Gasteiger partial charge on any atom is -0.398 e. The summed E-state index contributed by atoms with van der Waals surface area (Å²) in [6.45, 7) is 1.71. The molecule has 21 heavy (non-hydrogen) atoms. The predicted octanol–water partition coefficient (Wildman–Crippen LogP) is 4.34. The van der Waals surface area contributed by atoms with E-state index in [4.69, 9.17) is 40.5 Å². The van der Waals surface area contributed by atoms with Gasteiger partial charge in [0.05, 0.1) is 15.7 Å². The second kappa shape index (κ2) is 5.93. The van der Waals surface area contributed by atoms with Crippen molar-refractivity contribution in [1.82, 2.24) is 0 Å². The molecule has 4 nitrogen and oxygen atoms in total. The minimum absolute atomic E-state index is 0.0541. The number of rotatable bonds is 3. The number of sulfonamides is 1. The summed E-state index contributed by atoms with van der Waals surface area (Å²) in [6.07, 6.45) is 0. The first-order valence-electron chi connectivity index (χ1n) is 5.75. The molecule has 0 atom stereocenters. The highest BCUT2D eigenvalue weighted by Crippen LogP contribution is 2.34. The topological polar surface area (TPSA) is 72.2 Å². The molecule has 2 aromatic carbocycles. The highest BCUT2D eigenvalue weighted by Gasteiger charge is 2.23. The van der Waals surface area contributed by atoms with Crippen LogP contribution in [0.4, 0.5) is 11.4 Å². The summed E-state index contributed by atoms with van der Waals surface area (Å²) in [6, 6.07) is 7.55. The Kier molecular flexibility index (Phi) is 4.58. The van der Waals surface area contributed by atoms with Gasteiger partial charge in [-0.15, -0.1) is 0 Å². The summed E-state index contributed by atoms with van der Waals surface area (Å²) < 4.78 is 27.3. The van der Waals surface area contributed by atoms with Crippen molar-refractivity contribution in [3.8, 4) is 0 Å². The zero-order valence-corrected chi connectivity index (χ0v) is 13.9. The van der Waals surface area contributed by atoms with Crippen LogP contribution in [0.2, 0.25) is 15.1 Å². The number of nitrogen functional groups attached to an aromatic ring is 1. The first-order chi connectivity index (χ1) is 9.72. The maximum atomic E-state index is 12.5. The van der Waals surface area contributed by atoms with E-state index >= 15 is 0 Å². The van der Waals surface area contributed by atoms with Crippen molar-refractivity contribution in [2.24, 2.45) is 0 Å². The lowest BCUT2D eigenvalue weighted by atomic mass is 10.2. The fourth-order valence-corrected chi connectivity index (χ4v) is 4.42. The van der Waals surface area contributed by atoms with Gasteiger partial charge in [0, 0.05) is 10.7 Å². The average Bonchev–Trinajstić information content (AvgIpc) is 2.33. The van der Waals surface area contributed by atoms with Crippen LogP contribution in [-0.4, -0.2) is 8.42 Å². The maximum absolute atomic E-state index is 12.5. The summed E-state index contributed by atoms with van der Waals surface area (Å²) in [4.78, 5) is -0.225. The Morgan fingerprint density at radius 3 is 2.24 bits per heavy atom. The van der Waals surface area contributed by atoms with Crippen LogP contribution in [0.3, 0.4) is 0 Å². The molecule has 2 aromatic rings. The number of nitrogens with two attached hydrogens (primary N) is 1. The molecule has 0 radical (unpaired) electrons. The normalized spacial score (nSPS) is 11.4. The minimum atomic E-state index is -3.96. The highest BCUT2D eigenvalue weighted by molar-refractivity contribution is 7.93. The lowest BCUT2D eigenvalue weighted by Gasteiger charge is -2.14. The second-order valence-electron chi connectivity index (χ2n) is 4.32. The van der Waals surface area contributed by atoms with Crippen LogP contribution in [0.15, 0.2) is 35.2 Å². The summed E-state index contributed by atoms with van der Waals surface area (Å²) in [5, 5.41) is 0.146. The molecular formula is C13H11Cl3N2O2S. The number of benzene rings is 2. The number of hydrogen-bond donors (Lipinski definition) is 2. The molecule has 0 aliphatic carbocycles. The molecule has 0 unspecified atom stereocenters. The summed E-state index contributed by atoms with van der Waals surface area (Å²) >= 11 is 17.7. The third-order valence-corrected chi connectivity index (χ3v) is 5.36. The van der Waals surface area contributed by atoms with E-state index in [1.54, 1.807) is 25.1 Å². The number of nitrogens with one attached hydrogen (secondary N) is 1.